The van der Waals surface area contributed by atoms with Crippen molar-refractivity contribution < 1.29 is 9.32 Å². The highest BCUT2D eigenvalue weighted by Crippen LogP contribution is 2.41. The molecule has 1 aliphatic carbocycles. The van der Waals surface area contributed by atoms with Crippen LogP contribution in [0.5, 0.6) is 0 Å². The second-order valence-electron chi connectivity index (χ2n) is 10.1. The summed E-state index contributed by atoms with van der Waals surface area (Å²) < 4.78 is 7.44. The first kappa shape index (κ1) is 20.9. The highest BCUT2D eigenvalue weighted by Gasteiger charge is 2.35. The number of piperidine rings is 1. The van der Waals surface area contributed by atoms with E-state index in [-0.39, 0.29) is 12.5 Å². The molecule has 0 saturated carbocycles. The van der Waals surface area contributed by atoms with Crippen molar-refractivity contribution in [2.24, 2.45) is 11.3 Å². The molecule has 5 rings (SSSR count). The van der Waals surface area contributed by atoms with Crippen LogP contribution in [0.15, 0.2) is 23.0 Å². The minimum absolute atomic E-state index is 0.0847. The van der Waals surface area contributed by atoms with Crippen molar-refractivity contribution in [1.82, 2.24) is 29.9 Å². The van der Waals surface area contributed by atoms with Crippen LogP contribution >= 0.6 is 0 Å². The molecule has 1 amide bonds. The molecule has 1 unspecified atom stereocenters. The lowest BCUT2D eigenvalue weighted by molar-refractivity contribution is -0.130. The van der Waals surface area contributed by atoms with Gasteiger partial charge in [-0.3, -0.25) is 4.79 Å². The largest absolute Gasteiger partial charge is 0.361 e. The summed E-state index contributed by atoms with van der Waals surface area (Å²) in [4.78, 5) is 14.7. The van der Waals surface area contributed by atoms with Gasteiger partial charge in [0.15, 0.2) is 5.65 Å². The Bertz CT molecular complexity index is 1110. The van der Waals surface area contributed by atoms with Crippen LogP contribution in [0.2, 0.25) is 0 Å². The summed E-state index contributed by atoms with van der Waals surface area (Å²) in [7, 11) is 0. The molecule has 1 N–H and O–H groups in total. The van der Waals surface area contributed by atoms with Gasteiger partial charge in [0.25, 0.3) is 0 Å². The number of aromatic nitrogens is 5. The van der Waals surface area contributed by atoms with Crippen LogP contribution in [0.1, 0.15) is 63.0 Å². The Hall–Kier alpha value is -2.97. The Labute approximate surface area is 187 Å². The zero-order valence-corrected chi connectivity index (χ0v) is 19.0. The number of carbonyl (C=O) groups is 1. The second kappa shape index (κ2) is 8.18. The third-order valence-corrected chi connectivity index (χ3v) is 7.11. The lowest BCUT2D eigenvalue weighted by Crippen LogP contribution is -2.41. The molecule has 170 valence electrons. The van der Waals surface area contributed by atoms with E-state index in [9.17, 15) is 4.79 Å². The van der Waals surface area contributed by atoms with Gasteiger partial charge in [0.2, 0.25) is 5.91 Å². The monoisotopic (exact) mass is 437 g/mol. The van der Waals surface area contributed by atoms with Gasteiger partial charge in [-0.1, -0.05) is 25.9 Å². The molecule has 0 bridgehead atoms. The van der Waals surface area contributed by atoms with Gasteiger partial charge in [0, 0.05) is 24.6 Å². The predicted octanol–water partition coefficient (Wildman–Crippen LogP) is 3.08. The van der Waals surface area contributed by atoms with Gasteiger partial charge in [-0.15, -0.1) is 15.3 Å². The Morgan fingerprint density at radius 2 is 2.03 bits per heavy atom. The predicted molar refractivity (Wildman–Crippen MR) is 119 cm³/mol. The van der Waals surface area contributed by atoms with Crippen LogP contribution in [0, 0.1) is 11.3 Å². The minimum atomic E-state index is 0.0847. The summed E-state index contributed by atoms with van der Waals surface area (Å²) in [5, 5.41) is 19.6. The number of hydrogen-bond donors (Lipinski definition) is 1. The molecular weight excluding hydrogens is 406 g/mol. The number of carbonyl (C=O) groups excluding carboxylic acids is 1. The number of nitrogens with one attached hydrogen (secondary N) is 1. The molecular formula is C23H31N7O2. The average Bonchev–Trinajstić information content (AvgIpc) is 3.43. The zero-order chi connectivity index (χ0) is 22.3. The standard InChI is InChI=1S/C23H31N7O2/c1-23(2,3)16-4-5-18-17(12-16)22(32-28-18)15-8-10-29(11-9-15)21(31)13-24-19-6-7-20-26-25-14-30(20)27-19/h6-7,14-16H,4-5,8-13H2,1-3H3,(H,24,27). The molecule has 2 aliphatic rings. The summed E-state index contributed by atoms with van der Waals surface area (Å²) in [6, 6.07) is 3.63. The van der Waals surface area contributed by atoms with E-state index in [1.807, 2.05) is 11.0 Å². The van der Waals surface area contributed by atoms with Gasteiger partial charge in [-0.25, -0.2) is 0 Å². The van der Waals surface area contributed by atoms with Crippen LogP contribution in [0.25, 0.3) is 5.65 Å². The fraction of sp³-hybridized carbons (Fsp3) is 0.609. The van der Waals surface area contributed by atoms with E-state index in [0.29, 0.717) is 28.7 Å². The highest BCUT2D eigenvalue weighted by atomic mass is 16.5. The molecule has 1 atom stereocenters. The molecule has 1 aliphatic heterocycles. The van der Waals surface area contributed by atoms with Gasteiger partial charge in [-0.2, -0.15) is 4.52 Å². The number of fused-ring (bicyclic) bond motifs is 2. The molecule has 1 saturated heterocycles. The van der Waals surface area contributed by atoms with E-state index >= 15 is 0 Å². The van der Waals surface area contributed by atoms with E-state index in [2.05, 4.69) is 46.5 Å². The number of rotatable bonds is 4. The van der Waals surface area contributed by atoms with Crippen molar-refractivity contribution in [2.75, 3.05) is 25.0 Å². The number of amides is 1. The van der Waals surface area contributed by atoms with E-state index in [1.54, 1.807) is 16.9 Å². The van der Waals surface area contributed by atoms with Gasteiger partial charge in [-0.05, 0) is 55.6 Å². The molecule has 4 heterocycles. The number of likely N-dealkylation sites (tertiary alicyclic amines) is 1. The maximum atomic E-state index is 12.7. The molecule has 1 fully saturated rings. The average molecular weight is 438 g/mol. The Balaban J connectivity index is 1.17. The molecule has 9 heteroatoms. The fourth-order valence-corrected chi connectivity index (χ4v) is 4.98. The number of aryl methyl sites for hydroxylation is 1. The summed E-state index contributed by atoms with van der Waals surface area (Å²) in [5.74, 6) is 2.79. The normalized spacial score (nSPS) is 19.8. The summed E-state index contributed by atoms with van der Waals surface area (Å²) in [6.45, 7) is 8.68. The first-order valence-corrected chi connectivity index (χ1v) is 11.5. The van der Waals surface area contributed by atoms with Crippen LogP contribution in [-0.2, 0) is 17.6 Å². The third kappa shape index (κ3) is 4.08. The number of hydrogen-bond acceptors (Lipinski definition) is 7. The second-order valence-corrected chi connectivity index (χ2v) is 10.1. The molecule has 0 radical (unpaired) electrons. The minimum Gasteiger partial charge on any atom is -0.361 e. The summed E-state index contributed by atoms with van der Waals surface area (Å²) in [5.41, 5.74) is 3.47. The van der Waals surface area contributed by atoms with Gasteiger partial charge >= 0.3 is 0 Å². The molecule has 0 spiro atoms. The van der Waals surface area contributed by atoms with E-state index in [0.717, 1.165) is 50.2 Å². The Kier molecular flexibility index (Phi) is 5.35. The van der Waals surface area contributed by atoms with Crippen molar-refractivity contribution in [3.05, 3.63) is 35.5 Å². The molecule has 0 aromatic carbocycles. The lowest BCUT2D eigenvalue weighted by Gasteiger charge is -2.35. The quantitative estimate of drug-likeness (QED) is 0.669. The van der Waals surface area contributed by atoms with Gasteiger partial charge in [0.05, 0.1) is 12.2 Å². The van der Waals surface area contributed by atoms with Gasteiger partial charge in [0.1, 0.15) is 17.9 Å². The third-order valence-electron chi connectivity index (χ3n) is 7.11. The lowest BCUT2D eigenvalue weighted by atomic mass is 9.71. The Morgan fingerprint density at radius 3 is 2.81 bits per heavy atom. The van der Waals surface area contributed by atoms with Crippen molar-refractivity contribution >= 4 is 17.4 Å². The van der Waals surface area contributed by atoms with Crippen molar-refractivity contribution in [1.29, 1.82) is 0 Å². The van der Waals surface area contributed by atoms with Crippen molar-refractivity contribution in [3.63, 3.8) is 0 Å². The highest BCUT2D eigenvalue weighted by molar-refractivity contribution is 5.80. The first-order chi connectivity index (χ1) is 15.4. The summed E-state index contributed by atoms with van der Waals surface area (Å²) in [6.07, 6.45) is 6.63. The van der Waals surface area contributed by atoms with Crippen LogP contribution in [0.3, 0.4) is 0 Å². The van der Waals surface area contributed by atoms with E-state index in [4.69, 9.17) is 4.52 Å². The number of anilines is 1. The van der Waals surface area contributed by atoms with E-state index < -0.39 is 0 Å². The smallest absolute Gasteiger partial charge is 0.241 e. The number of nitrogens with zero attached hydrogens (tertiary/aromatic N) is 6. The zero-order valence-electron chi connectivity index (χ0n) is 19.0. The summed E-state index contributed by atoms with van der Waals surface area (Å²) >= 11 is 0. The topological polar surface area (TPSA) is 101 Å². The molecule has 32 heavy (non-hydrogen) atoms. The molecule has 9 nitrogen and oxygen atoms in total. The SMILES string of the molecule is CC(C)(C)C1CCc2noc(C3CCN(C(=O)CNc4ccc5nncn5n4)CC3)c2C1. The van der Waals surface area contributed by atoms with Crippen LogP contribution in [-0.4, -0.2) is 55.4 Å². The molecule has 3 aromatic rings. The van der Waals surface area contributed by atoms with Crippen molar-refractivity contribution in [2.45, 2.75) is 58.8 Å². The maximum Gasteiger partial charge on any atom is 0.241 e. The first-order valence-electron chi connectivity index (χ1n) is 11.5. The Morgan fingerprint density at radius 1 is 1.22 bits per heavy atom. The maximum absolute atomic E-state index is 12.7. The molecule has 3 aromatic heterocycles. The van der Waals surface area contributed by atoms with Crippen LogP contribution < -0.4 is 5.32 Å². The fourth-order valence-electron chi connectivity index (χ4n) is 4.98. The van der Waals surface area contributed by atoms with Crippen molar-refractivity contribution in [3.8, 4) is 0 Å². The van der Waals surface area contributed by atoms with E-state index in [1.165, 1.54) is 12.0 Å². The van der Waals surface area contributed by atoms with Crippen LogP contribution in [0.4, 0.5) is 5.82 Å². The van der Waals surface area contributed by atoms with Gasteiger partial charge < -0.3 is 14.7 Å².